The van der Waals surface area contributed by atoms with E-state index in [1.165, 1.54) is 16.7 Å². The SMILES string of the molecule is Cc1cccn2cc(-c3ccc(CC(C)C)cc3)nc12. The van der Waals surface area contributed by atoms with Crippen LogP contribution < -0.4 is 0 Å². The molecule has 2 heterocycles. The second-order valence-corrected chi connectivity index (χ2v) is 5.84. The number of benzene rings is 1. The van der Waals surface area contributed by atoms with Gasteiger partial charge >= 0.3 is 0 Å². The molecular weight excluding hydrogens is 244 g/mol. The lowest BCUT2D eigenvalue weighted by atomic mass is 10.0. The van der Waals surface area contributed by atoms with Gasteiger partial charge in [-0.2, -0.15) is 0 Å². The molecule has 3 rings (SSSR count). The Morgan fingerprint density at radius 1 is 1.10 bits per heavy atom. The van der Waals surface area contributed by atoms with Gasteiger partial charge in [-0.25, -0.2) is 4.98 Å². The van der Waals surface area contributed by atoms with E-state index in [2.05, 4.69) is 67.8 Å². The van der Waals surface area contributed by atoms with E-state index < -0.39 is 0 Å². The van der Waals surface area contributed by atoms with Gasteiger partial charge in [0.25, 0.3) is 0 Å². The molecule has 0 aliphatic carbocycles. The van der Waals surface area contributed by atoms with E-state index in [4.69, 9.17) is 4.98 Å². The van der Waals surface area contributed by atoms with Crippen LogP contribution in [-0.2, 0) is 6.42 Å². The highest BCUT2D eigenvalue weighted by Gasteiger charge is 2.06. The summed E-state index contributed by atoms with van der Waals surface area (Å²) in [5.74, 6) is 0.693. The number of hydrogen-bond acceptors (Lipinski definition) is 1. The maximum absolute atomic E-state index is 4.74. The van der Waals surface area contributed by atoms with Crippen molar-refractivity contribution in [2.24, 2.45) is 5.92 Å². The third-order valence-electron chi connectivity index (χ3n) is 3.57. The molecule has 0 saturated carbocycles. The highest BCUT2D eigenvalue weighted by atomic mass is 15.0. The molecule has 2 nitrogen and oxygen atoms in total. The van der Waals surface area contributed by atoms with E-state index in [0.717, 1.165) is 17.8 Å². The van der Waals surface area contributed by atoms with Crippen molar-refractivity contribution in [3.63, 3.8) is 0 Å². The molecule has 0 aliphatic heterocycles. The van der Waals surface area contributed by atoms with Gasteiger partial charge in [-0.05, 0) is 36.5 Å². The summed E-state index contributed by atoms with van der Waals surface area (Å²) in [7, 11) is 0. The van der Waals surface area contributed by atoms with E-state index >= 15 is 0 Å². The molecule has 0 spiro atoms. The summed E-state index contributed by atoms with van der Waals surface area (Å²) < 4.78 is 2.09. The highest BCUT2D eigenvalue weighted by molar-refractivity contribution is 5.64. The zero-order valence-corrected chi connectivity index (χ0v) is 12.3. The molecule has 3 aromatic rings. The van der Waals surface area contributed by atoms with Crippen LogP contribution in [0.5, 0.6) is 0 Å². The Labute approximate surface area is 120 Å². The van der Waals surface area contributed by atoms with Gasteiger partial charge in [-0.15, -0.1) is 0 Å². The predicted octanol–water partition coefficient (Wildman–Crippen LogP) is 4.51. The van der Waals surface area contributed by atoms with E-state index in [9.17, 15) is 0 Å². The summed E-state index contributed by atoms with van der Waals surface area (Å²) >= 11 is 0. The van der Waals surface area contributed by atoms with Gasteiger partial charge in [0.1, 0.15) is 5.65 Å². The van der Waals surface area contributed by atoms with Crippen molar-refractivity contribution in [1.82, 2.24) is 9.38 Å². The van der Waals surface area contributed by atoms with E-state index in [1.54, 1.807) is 0 Å². The highest BCUT2D eigenvalue weighted by Crippen LogP contribution is 2.21. The van der Waals surface area contributed by atoms with Crippen LogP contribution in [0.15, 0.2) is 48.8 Å². The number of rotatable bonds is 3. The van der Waals surface area contributed by atoms with Crippen molar-refractivity contribution in [3.8, 4) is 11.3 Å². The van der Waals surface area contributed by atoms with Crippen molar-refractivity contribution in [2.75, 3.05) is 0 Å². The number of hydrogen-bond donors (Lipinski definition) is 0. The molecular formula is C18H20N2. The third kappa shape index (κ3) is 2.46. The Morgan fingerprint density at radius 3 is 2.50 bits per heavy atom. The minimum absolute atomic E-state index is 0.693. The maximum Gasteiger partial charge on any atom is 0.140 e. The molecule has 2 heteroatoms. The van der Waals surface area contributed by atoms with Gasteiger partial charge in [-0.1, -0.05) is 44.2 Å². The van der Waals surface area contributed by atoms with E-state index in [0.29, 0.717) is 5.92 Å². The average molecular weight is 264 g/mol. The smallest absolute Gasteiger partial charge is 0.140 e. The molecule has 0 amide bonds. The molecule has 0 unspecified atom stereocenters. The maximum atomic E-state index is 4.74. The zero-order valence-electron chi connectivity index (χ0n) is 12.3. The molecule has 20 heavy (non-hydrogen) atoms. The largest absolute Gasteiger partial charge is 0.306 e. The van der Waals surface area contributed by atoms with Crippen LogP contribution in [0.25, 0.3) is 16.9 Å². The van der Waals surface area contributed by atoms with Crippen molar-refractivity contribution >= 4 is 5.65 Å². The molecule has 0 radical (unpaired) electrons. The average Bonchev–Trinajstić information content (AvgIpc) is 2.84. The fourth-order valence-electron chi connectivity index (χ4n) is 2.58. The number of pyridine rings is 1. The Balaban J connectivity index is 1.96. The normalized spacial score (nSPS) is 11.4. The van der Waals surface area contributed by atoms with Gasteiger partial charge in [0.2, 0.25) is 0 Å². The van der Waals surface area contributed by atoms with Gasteiger partial charge in [0.05, 0.1) is 5.69 Å². The van der Waals surface area contributed by atoms with Crippen molar-refractivity contribution in [3.05, 3.63) is 59.9 Å². The third-order valence-corrected chi connectivity index (χ3v) is 3.57. The molecule has 0 aliphatic rings. The first-order valence-electron chi connectivity index (χ1n) is 7.17. The number of nitrogens with zero attached hydrogens (tertiary/aromatic N) is 2. The first kappa shape index (κ1) is 12.9. The lowest BCUT2D eigenvalue weighted by Crippen LogP contribution is -1.93. The molecule has 0 fully saturated rings. The topological polar surface area (TPSA) is 17.3 Å². The second kappa shape index (κ2) is 5.12. The Morgan fingerprint density at radius 2 is 1.85 bits per heavy atom. The van der Waals surface area contributed by atoms with Crippen LogP contribution in [0.3, 0.4) is 0 Å². The van der Waals surface area contributed by atoms with Crippen LogP contribution in [0.2, 0.25) is 0 Å². The predicted molar refractivity (Wildman–Crippen MR) is 83.9 cm³/mol. The monoisotopic (exact) mass is 264 g/mol. The Kier molecular flexibility index (Phi) is 3.31. The lowest BCUT2D eigenvalue weighted by Gasteiger charge is -2.05. The number of fused-ring (bicyclic) bond motifs is 1. The lowest BCUT2D eigenvalue weighted by molar-refractivity contribution is 0.647. The van der Waals surface area contributed by atoms with Crippen LogP contribution >= 0.6 is 0 Å². The van der Waals surface area contributed by atoms with Crippen LogP contribution in [0.4, 0.5) is 0 Å². The van der Waals surface area contributed by atoms with Gasteiger partial charge < -0.3 is 4.40 Å². The summed E-state index contributed by atoms with van der Waals surface area (Å²) in [6.07, 6.45) is 5.27. The molecule has 0 saturated heterocycles. The first-order chi connectivity index (χ1) is 9.63. The Bertz CT molecular complexity index is 721. The number of aromatic nitrogens is 2. The minimum atomic E-state index is 0.693. The number of aryl methyl sites for hydroxylation is 1. The molecule has 0 atom stereocenters. The van der Waals surface area contributed by atoms with Crippen LogP contribution in [-0.4, -0.2) is 9.38 Å². The van der Waals surface area contributed by atoms with Crippen molar-refractivity contribution in [1.29, 1.82) is 0 Å². The van der Waals surface area contributed by atoms with Crippen LogP contribution in [0, 0.1) is 12.8 Å². The minimum Gasteiger partial charge on any atom is -0.306 e. The van der Waals surface area contributed by atoms with Crippen molar-refractivity contribution < 1.29 is 0 Å². The molecule has 2 aromatic heterocycles. The molecule has 0 N–H and O–H groups in total. The standard InChI is InChI=1S/C18H20N2/c1-13(2)11-15-6-8-16(9-7-15)17-12-20-10-4-5-14(3)18(20)19-17/h4-10,12-13H,11H2,1-3H3. The zero-order chi connectivity index (χ0) is 14.1. The van der Waals surface area contributed by atoms with E-state index in [1.807, 2.05) is 6.20 Å². The molecule has 102 valence electrons. The first-order valence-corrected chi connectivity index (χ1v) is 7.17. The summed E-state index contributed by atoms with van der Waals surface area (Å²) in [5, 5.41) is 0. The molecule has 0 bridgehead atoms. The van der Waals surface area contributed by atoms with Crippen molar-refractivity contribution in [2.45, 2.75) is 27.2 Å². The number of imidazole rings is 1. The van der Waals surface area contributed by atoms with Gasteiger partial charge in [-0.3, -0.25) is 0 Å². The summed E-state index contributed by atoms with van der Waals surface area (Å²) in [6, 6.07) is 12.9. The fraction of sp³-hybridized carbons (Fsp3) is 0.278. The summed E-state index contributed by atoms with van der Waals surface area (Å²) in [6.45, 7) is 6.59. The quantitative estimate of drug-likeness (QED) is 0.680. The van der Waals surface area contributed by atoms with E-state index in [-0.39, 0.29) is 0 Å². The van der Waals surface area contributed by atoms with Gasteiger partial charge in [0, 0.05) is 18.0 Å². The second-order valence-electron chi connectivity index (χ2n) is 5.84. The summed E-state index contributed by atoms with van der Waals surface area (Å²) in [4.78, 5) is 4.74. The summed E-state index contributed by atoms with van der Waals surface area (Å²) in [5.41, 5.74) is 5.85. The van der Waals surface area contributed by atoms with Gasteiger partial charge in [0.15, 0.2) is 0 Å². The fourth-order valence-corrected chi connectivity index (χ4v) is 2.58. The Hall–Kier alpha value is -2.09. The molecule has 1 aromatic carbocycles. The van der Waals surface area contributed by atoms with Crippen LogP contribution in [0.1, 0.15) is 25.0 Å².